The second-order valence-electron chi connectivity index (χ2n) is 6.06. The monoisotopic (exact) mass is 383 g/mol. The average Bonchev–Trinajstić information content (AvgIpc) is 3.03. The molecule has 0 fully saturated rings. The molecule has 3 rings (SSSR count). The topological polar surface area (TPSA) is 54.9 Å². The minimum Gasteiger partial charge on any atom is -0.326 e. The summed E-state index contributed by atoms with van der Waals surface area (Å²) in [5.41, 5.74) is 3.99. The molecule has 0 bridgehead atoms. The molecule has 3 aromatic rings. The number of thiazole rings is 1. The van der Waals surface area contributed by atoms with Crippen LogP contribution in [0.2, 0.25) is 0 Å². The summed E-state index contributed by atoms with van der Waals surface area (Å²) in [5.74, 6) is 0.0417. The predicted molar refractivity (Wildman–Crippen MR) is 108 cm³/mol. The summed E-state index contributed by atoms with van der Waals surface area (Å²) in [6, 6.07) is 11.9. The molecule has 1 amide bonds. The number of pyridine rings is 1. The Hall–Kier alpha value is -2.18. The molecule has 6 heteroatoms. The summed E-state index contributed by atoms with van der Waals surface area (Å²) in [4.78, 5) is 22.1. The first kappa shape index (κ1) is 18.6. The molecule has 0 aliphatic heterocycles. The molecular weight excluding hydrogens is 362 g/mol. The molecule has 0 aliphatic rings. The molecule has 1 N–H and O–H groups in total. The Morgan fingerprint density at radius 3 is 2.81 bits per heavy atom. The van der Waals surface area contributed by atoms with Crippen molar-refractivity contribution in [2.24, 2.45) is 0 Å². The molecular formula is C20H21N3OS2. The number of nitrogens with zero attached hydrogens (tertiary/aromatic N) is 2. The van der Waals surface area contributed by atoms with Crippen LogP contribution in [-0.4, -0.2) is 15.9 Å². The van der Waals surface area contributed by atoms with Crippen molar-refractivity contribution in [2.75, 3.05) is 5.32 Å². The number of carbonyl (C=O) groups is 1. The average molecular weight is 384 g/mol. The minimum atomic E-state index is 0.0417. The van der Waals surface area contributed by atoms with Crippen LogP contribution in [0.3, 0.4) is 0 Å². The fraction of sp³-hybridized carbons (Fsp3) is 0.250. The van der Waals surface area contributed by atoms with E-state index in [0.717, 1.165) is 44.7 Å². The van der Waals surface area contributed by atoms with Crippen molar-refractivity contribution >= 4 is 34.7 Å². The fourth-order valence-electron chi connectivity index (χ4n) is 2.51. The van der Waals surface area contributed by atoms with Crippen molar-refractivity contribution < 1.29 is 4.79 Å². The number of anilines is 1. The van der Waals surface area contributed by atoms with Gasteiger partial charge in [-0.3, -0.25) is 9.78 Å². The zero-order valence-corrected chi connectivity index (χ0v) is 16.5. The molecule has 0 radical (unpaired) electrons. The van der Waals surface area contributed by atoms with Crippen molar-refractivity contribution in [3.8, 4) is 0 Å². The number of hydrogen-bond acceptors (Lipinski definition) is 5. The number of aromatic nitrogens is 2. The summed E-state index contributed by atoms with van der Waals surface area (Å²) in [5, 5.41) is 5.06. The number of rotatable bonds is 7. The summed E-state index contributed by atoms with van der Waals surface area (Å²) < 4.78 is 1.04. The largest absolute Gasteiger partial charge is 0.326 e. The van der Waals surface area contributed by atoms with E-state index < -0.39 is 0 Å². The molecule has 134 valence electrons. The van der Waals surface area contributed by atoms with Gasteiger partial charge in [-0.1, -0.05) is 17.8 Å². The van der Waals surface area contributed by atoms with E-state index in [0.29, 0.717) is 6.42 Å². The number of hydrogen-bond donors (Lipinski definition) is 1. The van der Waals surface area contributed by atoms with Gasteiger partial charge in [0, 0.05) is 40.0 Å². The van der Waals surface area contributed by atoms with E-state index in [1.54, 1.807) is 29.3 Å². The molecule has 0 saturated carbocycles. The van der Waals surface area contributed by atoms with Gasteiger partial charge in [0.2, 0.25) is 5.91 Å². The Kier molecular flexibility index (Phi) is 6.41. The van der Waals surface area contributed by atoms with Crippen molar-refractivity contribution in [1.29, 1.82) is 0 Å². The van der Waals surface area contributed by atoms with Gasteiger partial charge in [0.05, 0.1) is 0 Å². The van der Waals surface area contributed by atoms with Gasteiger partial charge in [0.25, 0.3) is 0 Å². The fourth-order valence-corrected chi connectivity index (χ4v) is 4.42. The highest BCUT2D eigenvalue weighted by Crippen LogP contribution is 2.32. The van der Waals surface area contributed by atoms with Crippen LogP contribution < -0.4 is 5.32 Å². The molecule has 1 aromatic carbocycles. The Balaban J connectivity index is 1.51. The zero-order valence-electron chi connectivity index (χ0n) is 14.9. The first-order valence-corrected chi connectivity index (χ1v) is 10.2. The van der Waals surface area contributed by atoms with Gasteiger partial charge in [0.1, 0.15) is 0 Å². The van der Waals surface area contributed by atoms with Crippen LogP contribution >= 0.6 is 23.1 Å². The van der Waals surface area contributed by atoms with E-state index in [1.165, 1.54) is 0 Å². The number of amides is 1. The lowest BCUT2D eigenvalue weighted by atomic mass is 10.1. The van der Waals surface area contributed by atoms with E-state index in [-0.39, 0.29) is 5.91 Å². The van der Waals surface area contributed by atoms with Gasteiger partial charge in [-0.15, -0.1) is 11.3 Å². The van der Waals surface area contributed by atoms with Crippen LogP contribution in [-0.2, 0) is 11.2 Å². The Bertz CT molecular complexity index is 878. The lowest BCUT2D eigenvalue weighted by molar-refractivity contribution is -0.116. The van der Waals surface area contributed by atoms with Crippen molar-refractivity contribution in [1.82, 2.24) is 9.97 Å². The van der Waals surface area contributed by atoms with Gasteiger partial charge in [0.15, 0.2) is 4.34 Å². The molecule has 4 nitrogen and oxygen atoms in total. The molecule has 2 heterocycles. The van der Waals surface area contributed by atoms with E-state index in [4.69, 9.17) is 0 Å². The number of benzene rings is 1. The minimum absolute atomic E-state index is 0.0417. The molecule has 26 heavy (non-hydrogen) atoms. The smallest absolute Gasteiger partial charge is 0.224 e. The van der Waals surface area contributed by atoms with E-state index in [9.17, 15) is 4.79 Å². The number of carbonyl (C=O) groups excluding carboxylic acids is 1. The Morgan fingerprint density at radius 1 is 1.23 bits per heavy atom. The Morgan fingerprint density at radius 2 is 2.12 bits per heavy atom. The maximum atomic E-state index is 12.2. The first-order valence-electron chi connectivity index (χ1n) is 8.50. The van der Waals surface area contributed by atoms with Gasteiger partial charge in [-0.05, 0) is 62.6 Å². The van der Waals surface area contributed by atoms with Crippen LogP contribution in [0.5, 0.6) is 0 Å². The van der Waals surface area contributed by atoms with Crippen LogP contribution in [0.4, 0.5) is 5.69 Å². The van der Waals surface area contributed by atoms with E-state index >= 15 is 0 Å². The molecule has 0 unspecified atom stereocenters. The highest BCUT2D eigenvalue weighted by molar-refractivity contribution is 8.01. The number of nitrogens with one attached hydrogen (secondary N) is 1. The normalized spacial score (nSPS) is 10.7. The molecule has 2 aromatic heterocycles. The quantitative estimate of drug-likeness (QED) is 0.604. The SMILES string of the molecule is Cc1csc(Sc2ccc(NC(=O)CCCc3ccccn3)c(C)c2)n1. The summed E-state index contributed by atoms with van der Waals surface area (Å²) >= 11 is 3.30. The van der Waals surface area contributed by atoms with Crippen LogP contribution in [0, 0.1) is 13.8 Å². The van der Waals surface area contributed by atoms with Crippen molar-refractivity contribution in [3.05, 3.63) is 64.9 Å². The molecule has 0 aliphatic carbocycles. The number of aryl methyl sites for hydroxylation is 3. The maximum Gasteiger partial charge on any atom is 0.224 e. The van der Waals surface area contributed by atoms with Crippen molar-refractivity contribution in [3.63, 3.8) is 0 Å². The standard InChI is InChI=1S/C20H21N3OS2/c1-14-12-17(26-20-22-15(2)13-25-20)9-10-18(14)23-19(24)8-5-7-16-6-3-4-11-21-16/h3-4,6,9-13H,5,7-8H2,1-2H3,(H,23,24). The third kappa shape index (κ3) is 5.41. The van der Waals surface area contributed by atoms with Gasteiger partial charge in [-0.25, -0.2) is 4.98 Å². The van der Waals surface area contributed by atoms with Gasteiger partial charge in [-0.2, -0.15) is 0 Å². The molecule has 0 atom stereocenters. The van der Waals surface area contributed by atoms with Crippen LogP contribution in [0.1, 0.15) is 29.8 Å². The van der Waals surface area contributed by atoms with Crippen LogP contribution in [0.25, 0.3) is 0 Å². The van der Waals surface area contributed by atoms with Gasteiger partial charge < -0.3 is 5.32 Å². The van der Waals surface area contributed by atoms with Crippen molar-refractivity contribution in [2.45, 2.75) is 42.3 Å². The molecule has 0 saturated heterocycles. The van der Waals surface area contributed by atoms with Gasteiger partial charge >= 0.3 is 0 Å². The van der Waals surface area contributed by atoms with Crippen LogP contribution in [0.15, 0.2) is 57.2 Å². The summed E-state index contributed by atoms with van der Waals surface area (Å²) in [6.45, 7) is 4.01. The lowest BCUT2D eigenvalue weighted by Crippen LogP contribution is -2.12. The highest BCUT2D eigenvalue weighted by Gasteiger charge is 2.08. The highest BCUT2D eigenvalue weighted by atomic mass is 32.2. The lowest BCUT2D eigenvalue weighted by Gasteiger charge is -2.10. The summed E-state index contributed by atoms with van der Waals surface area (Å²) in [7, 11) is 0. The third-order valence-electron chi connectivity index (χ3n) is 3.84. The van der Waals surface area contributed by atoms with E-state index in [1.807, 2.05) is 44.2 Å². The first-order chi connectivity index (χ1) is 12.6. The summed E-state index contributed by atoms with van der Waals surface area (Å²) in [6.07, 6.45) is 3.88. The molecule has 0 spiro atoms. The second-order valence-corrected chi connectivity index (χ2v) is 8.24. The second kappa shape index (κ2) is 8.96. The zero-order chi connectivity index (χ0) is 18.4. The van der Waals surface area contributed by atoms with E-state index in [2.05, 4.69) is 26.7 Å². The Labute approximate surface area is 162 Å². The third-order valence-corrected chi connectivity index (χ3v) is 5.88. The maximum absolute atomic E-state index is 12.2. The predicted octanol–water partition coefficient (Wildman–Crippen LogP) is 5.27.